The van der Waals surface area contributed by atoms with E-state index in [2.05, 4.69) is 57.5 Å². The summed E-state index contributed by atoms with van der Waals surface area (Å²) in [6, 6.07) is 18.7. The number of benzene rings is 3. The SMILES string of the molecule is C=C(N[C@@H](C(=O)N1C[C@@H](COC)C[C@H]1c1ncc(-c2ccc3c(c2)COc2cc4c(cc2-3)CCc2nc([C@@H]3CC[C@@H]5CC(C)[C@H](NC(=O)OC)C(=O)N53)[nH]c2-4)[nH]1)c1ccccc1)OC. The van der Waals surface area contributed by atoms with Crippen LogP contribution >= 0.6 is 0 Å². The zero-order valence-corrected chi connectivity index (χ0v) is 36.6. The van der Waals surface area contributed by atoms with Crippen molar-refractivity contribution >= 4 is 17.9 Å². The van der Waals surface area contributed by atoms with Gasteiger partial charge in [-0.3, -0.25) is 9.59 Å². The number of alkyl carbamates (subject to hydrolysis) is 1. The number of nitrogens with zero attached hydrogens (tertiary/aromatic N) is 4. The van der Waals surface area contributed by atoms with Gasteiger partial charge < -0.3 is 49.3 Å². The number of amides is 3. The Bertz CT molecular complexity index is 2620. The fourth-order valence-corrected chi connectivity index (χ4v) is 10.8. The minimum atomic E-state index is -0.691. The van der Waals surface area contributed by atoms with E-state index >= 15 is 0 Å². The van der Waals surface area contributed by atoms with Crippen LogP contribution in [0.25, 0.3) is 33.6 Å². The fraction of sp³-hybridized carbons (Fsp3) is 0.408. The van der Waals surface area contributed by atoms with Gasteiger partial charge in [0.25, 0.3) is 0 Å². The number of nitrogens with one attached hydrogen (secondary N) is 4. The zero-order chi connectivity index (χ0) is 44.2. The normalized spacial score (nSPS) is 23.5. The second-order valence-corrected chi connectivity index (χ2v) is 17.8. The Balaban J connectivity index is 0.889. The number of piperidine rings is 1. The first-order chi connectivity index (χ1) is 31.1. The van der Waals surface area contributed by atoms with Gasteiger partial charge in [0.2, 0.25) is 11.8 Å². The molecule has 0 bridgehead atoms. The molecular formula is C49H54N8O7. The number of H-pyrrole nitrogens is 2. The maximum atomic E-state index is 14.4. The number of rotatable bonds is 11. The van der Waals surface area contributed by atoms with E-state index in [-0.39, 0.29) is 41.8 Å². The van der Waals surface area contributed by atoms with E-state index < -0.39 is 18.2 Å². The quantitative estimate of drug-likeness (QED) is 0.102. The van der Waals surface area contributed by atoms with Crippen molar-refractivity contribution in [3.05, 3.63) is 113 Å². The van der Waals surface area contributed by atoms with Crippen LogP contribution < -0.4 is 15.4 Å². The van der Waals surface area contributed by atoms with Gasteiger partial charge >= 0.3 is 6.09 Å². The summed E-state index contributed by atoms with van der Waals surface area (Å²) >= 11 is 0. The van der Waals surface area contributed by atoms with Gasteiger partial charge in [-0.15, -0.1) is 0 Å². The Morgan fingerprint density at radius 3 is 2.58 bits per heavy atom. The molecule has 7 atom stereocenters. The number of ether oxygens (including phenoxy) is 4. The summed E-state index contributed by atoms with van der Waals surface area (Å²) in [6.07, 6.45) is 6.09. The Morgan fingerprint density at radius 1 is 0.938 bits per heavy atom. The molecule has 3 saturated heterocycles. The Labute approximate surface area is 371 Å². The standard InChI is InChI=1S/C49H54N8O7/c1-26-17-33-13-16-39(57(33)48(59)42(26)55-49(60)63-5)46-52-37-15-12-30-20-36-34-14-11-31(19-32(34)25-64-41(36)21-35(30)44(37)54-46)38-22-50-45(53-38)40-18-28(24-61-3)23-56(40)47(58)43(51-27(2)62-4)29-9-7-6-8-10-29/h6-11,14,19-22,26,28,33,39-40,42-43,51H,2,12-13,15-18,23-25H2,1,3-5H3,(H,50,53)(H,52,54)(H,55,60)/t26?,28-,33+,39-,40-,42-,43+/m0/s1. The number of imidazole rings is 2. The van der Waals surface area contributed by atoms with Crippen molar-refractivity contribution in [2.24, 2.45) is 11.8 Å². The summed E-state index contributed by atoms with van der Waals surface area (Å²) in [6.45, 7) is 7.41. The average molecular weight is 867 g/mol. The molecule has 64 heavy (non-hydrogen) atoms. The number of fused-ring (bicyclic) bond motifs is 7. The predicted octanol–water partition coefficient (Wildman–Crippen LogP) is 6.91. The van der Waals surface area contributed by atoms with Gasteiger partial charge in [0.05, 0.1) is 56.2 Å². The van der Waals surface area contributed by atoms with Crippen LogP contribution in [0.15, 0.2) is 79.3 Å². The molecule has 5 aliphatic rings. The van der Waals surface area contributed by atoms with Crippen molar-refractivity contribution in [2.75, 3.05) is 34.5 Å². The van der Waals surface area contributed by atoms with Gasteiger partial charge in [0.15, 0.2) is 5.88 Å². The molecule has 0 radical (unpaired) electrons. The van der Waals surface area contributed by atoms with Crippen LogP contribution in [0.3, 0.4) is 0 Å². The number of carbonyl (C=O) groups excluding carboxylic acids is 3. The van der Waals surface area contributed by atoms with Crippen molar-refractivity contribution in [3.63, 3.8) is 0 Å². The first-order valence-electron chi connectivity index (χ1n) is 22.2. The zero-order valence-electron chi connectivity index (χ0n) is 36.6. The minimum Gasteiger partial charge on any atom is -0.488 e. The summed E-state index contributed by atoms with van der Waals surface area (Å²) in [5.74, 6) is 2.61. The molecule has 15 heteroatoms. The summed E-state index contributed by atoms with van der Waals surface area (Å²) in [5, 5.41) is 5.96. The molecule has 3 amide bonds. The van der Waals surface area contributed by atoms with Gasteiger partial charge in [-0.2, -0.15) is 0 Å². The Kier molecular flexibility index (Phi) is 10.9. The van der Waals surface area contributed by atoms with Crippen molar-refractivity contribution in [1.82, 2.24) is 40.4 Å². The summed E-state index contributed by atoms with van der Waals surface area (Å²) < 4.78 is 22.2. The molecule has 1 unspecified atom stereocenters. The lowest BCUT2D eigenvalue weighted by Crippen LogP contribution is -2.58. The summed E-state index contributed by atoms with van der Waals surface area (Å²) in [7, 11) is 4.53. The maximum absolute atomic E-state index is 14.4. The summed E-state index contributed by atoms with van der Waals surface area (Å²) in [5.41, 5.74) is 10.2. The molecule has 10 rings (SSSR count). The highest BCUT2D eigenvalue weighted by molar-refractivity contribution is 5.88. The summed E-state index contributed by atoms with van der Waals surface area (Å²) in [4.78, 5) is 61.4. The first-order valence-corrected chi connectivity index (χ1v) is 22.2. The van der Waals surface area contributed by atoms with E-state index in [0.717, 1.165) is 100.0 Å². The predicted molar refractivity (Wildman–Crippen MR) is 237 cm³/mol. The van der Waals surface area contributed by atoms with Crippen LogP contribution in [-0.2, 0) is 43.2 Å². The Hall–Kier alpha value is -6.61. The molecule has 1 aliphatic carbocycles. The molecule has 6 heterocycles. The van der Waals surface area contributed by atoms with Crippen LogP contribution in [0, 0.1) is 11.8 Å². The molecular weight excluding hydrogens is 813 g/mol. The maximum Gasteiger partial charge on any atom is 0.407 e. The molecule has 3 fully saturated rings. The first kappa shape index (κ1) is 41.4. The lowest BCUT2D eigenvalue weighted by molar-refractivity contribution is -0.142. The van der Waals surface area contributed by atoms with Crippen molar-refractivity contribution < 1.29 is 33.3 Å². The molecule has 5 aromatic rings. The second kappa shape index (κ2) is 16.8. The molecule has 0 saturated carbocycles. The fourth-order valence-electron chi connectivity index (χ4n) is 10.8. The van der Waals surface area contributed by atoms with Gasteiger partial charge in [0, 0.05) is 36.7 Å². The van der Waals surface area contributed by atoms with Crippen molar-refractivity contribution in [3.8, 4) is 39.4 Å². The van der Waals surface area contributed by atoms with E-state index in [9.17, 15) is 14.4 Å². The second-order valence-electron chi connectivity index (χ2n) is 17.8. The number of likely N-dealkylation sites (tertiary alicyclic amines) is 1. The van der Waals surface area contributed by atoms with Gasteiger partial charge in [0.1, 0.15) is 36.1 Å². The highest BCUT2D eigenvalue weighted by atomic mass is 16.5. The van der Waals surface area contributed by atoms with Gasteiger partial charge in [-0.25, -0.2) is 14.8 Å². The number of hydrogen-bond acceptors (Lipinski definition) is 10. The van der Waals surface area contributed by atoms with Crippen LogP contribution in [0.5, 0.6) is 5.75 Å². The van der Waals surface area contributed by atoms with E-state index in [0.29, 0.717) is 32.1 Å². The lowest BCUT2D eigenvalue weighted by atomic mass is 9.86. The number of methoxy groups -OCH3 is 3. The van der Waals surface area contributed by atoms with E-state index in [1.807, 2.05) is 53.3 Å². The third-order valence-corrected chi connectivity index (χ3v) is 13.9. The molecule has 0 spiro atoms. The number of aromatic nitrogens is 4. The van der Waals surface area contributed by atoms with Crippen molar-refractivity contribution in [1.29, 1.82) is 0 Å². The topological polar surface area (TPSA) is 176 Å². The lowest BCUT2D eigenvalue weighted by Gasteiger charge is -2.41. The average Bonchev–Trinajstić information content (AvgIpc) is 4.15. The van der Waals surface area contributed by atoms with Crippen LogP contribution in [0.4, 0.5) is 4.79 Å². The number of aryl methyl sites for hydroxylation is 2. The highest BCUT2D eigenvalue weighted by Gasteiger charge is 2.48. The molecule has 3 aromatic carbocycles. The van der Waals surface area contributed by atoms with Crippen LogP contribution in [0.1, 0.15) is 84.8 Å². The van der Waals surface area contributed by atoms with Crippen LogP contribution in [-0.4, -0.2) is 94.2 Å². The number of carbonyl (C=O) groups is 3. The van der Waals surface area contributed by atoms with E-state index in [1.165, 1.54) is 19.8 Å². The number of hydrogen-bond donors (Lipinski definition) is 4. The van der Waals surface area contributed by atoms with Gasteiger partial charge in [-0.05, 0) is 97.0 Å². The molecule has 332 valence electrons. The molecule has 4 aliphatic heterocycles. The van der Waals surface area contributed by atoms with Crippen molar-refractivity contribution in [2.45, 2.75) is 82.3 Å². The monoisotopic (exact) mass is 866 g/mol. The van der Waals surface area contributed by atoms with E-state index in [4.69, 9.17) is 28.9 Å². The molecule has 15 nitrogen and oxygen atoms in total. The third-order valence-electron chi connectivity index (χ3n) is 13.9. The third kappa shape index (κ3) is 7.34. The largest absolute Gasteiger partial charge is 0.488 e. The molecule has 2 aromatic heterocycles. The highest BCUT2D eigenvalue weighted by Crippen LogP contribution is 2.47. The Morgan fingerprint density at radius 2 is 1.78 bits per heavy atom. The minimum absolute atomic E-state index is 0.0106. The number of aromatic amines is 2. The van der Waals surface area contributed by atoms with E-state index in [1.54, 1.807) is 7.11 Å². The van der Waals surface area contributed by atoms with Gasteiger partial charge in [-0.1, -0.05) is 49.4 Å². The van der Waals surface area contributed by atoms with Crippen LogP contribution in [0.2, 0.25) is 0 Å². The smallest absolute Gasteiger partial charge is 0.407 e. The molecule has 4 N–H and O–H groups in total.